The van der Waals surface area contributed by atoms with E-state index < -0.39 is 6.10 Å². The monoisotopic (exact) mass is 253 g/mol. The summed E-state index contributed by atoms with van der Waals surface area (Å²) in [6.45, 7) is 0.580. The normalized spacial score (nSPS) is 17.6. The molecule has 0 saturated carbocycles. The third-order valence-electron chi connectivity index (χ3n) is 3.42. The summed E-state index contributed by atoms with van der Waals surface area (Å²) in [7, 11) is 1.57. The topological polar surface area (TPSA) is 29.5 Å². The minimum atomic E-state index is -0.472. The van der Waals surface area contributed by atoms with E-state index in [-0.39, 0.29) is 5.91 Å². The third kappa shape index (κ3) is 2.02. The van der Waals surface area contributed by atoms with E-state index in [1.54, 1.807) is 12.0 Å². The highest BCUT2D eigenvalue weighted by Gasteiger charge is 2.36. The fourth-order valence-electron chi connectivity index (χ4n) is 2.51. The van der Waals surface area contributed by atoms with Crippen molar-refractivity contribution in [2.24, 2.45) is 0 Å². The Bertz CT molecular complexity index is 595. The highest BCUT2D eigenvalue weighted by Crippen LogP contribution is 2.38. The molecule has 3 nitrogen and oxygen atoms in total. The van der Waals surface area contributed by atoms with E-state index in [1.165, 1.54) is 0 Å². The van der Waals surface area contributed by atoms with Crippen molar-refractivity contribution in [2.75, 3.05) is 12.0 Å². The summed E-state index contributed by atoms with van der Waals surface area (Å²) >= 11 is 0. The van der Waals surface area contributed by atoms with E-state index in [2.05, 4.69) is 0 Å². The maximum absolute atomic E-state index is 12.4. The van der Waals surface area contributed by atoms with Crippen molar-refractivity contribution >= 4 is 11.6 Å². The SMILES string of the molecule is COC1C(=O)N(Cc2ccccc2)c2ccccc21. The van der Waals surface area contributed by atoms with Gasteiger partial charge in [-0.3, -0.25) is 4.79 Å². The van der Waals surface area contributed by atoms with Crippen LogP contribution in [0, 0.1) is 0 Å². The first-order chi connectivity index (χ1) is 9.31. The largest absolute Gasteiger partial charge is 0.367 e. The molecule has 1 aliphatic rings. The Kier molecular flexibility index (Phi) is 3.05. The molecule has 0 spiro atoms. The Morgan fingerprint density at radius 2 is 1.74 bits per heavy atom. The zero-order valence-electron chi connectivity index (χ0n) is 10.7. The number of benzene rings is 2. The molecular weight excluding hydrogens is 238 g/mol. The summed E-state index contributed by atoms with van der Waals surface area (Å²) in [5.41, 5.74) is 3.01. The molecule has 2 aromatic carbocycles. The van der Waals surface area contributed by atoms with Crippen LogP contribution in [0.4, 0.5) is 5.69 Å². The molecule has 0 N–H and O–H groups in total. The summed E-state index contributed by atoms with van der Waals surface area (Å²) < 4.78 is 5.33. The van der Waals surface area contributed by atoms with Crippen molar-refractivity contribution in [3.8, 4) is 0 Å². The Morgan fingerprint density at radius 1 is 1.05 bits per heavy atom. The van der Waals surface area contributed by atoms with Gasteiger partial charge in [0.1, 0.15) is 0 Å². The molecule has 96 valence electrons. The molecule has 3 rings (SSSR count). The first kappa shape index (κ1) is 11.9. The van der Waals surface area contributed by atoms with Crippen LogP contribution >= 0.6 is 0 Å². The van der Waals surface area contributed by atoms with Crippen LogP contribution < -0.4 is 4.90 Å². The Balaban J connectivity index is 1.96. The quantitative estimate of drug-likeness (QED) is 0.841. The second-order valence-electron chi connectivity index (χ2n) is 4.58. The fourth-order valence-corrected chi connectivity index (χ4v) is 2.51. The van der Waals surface area contributed by atoms with E-state index in [1.807, 2.05) is 54.6 Å². The number of hydrogen-bond donors (Lipinski definition) is 0. The lowest BCUT2D eigenvalue weighted by Crippen LogP contribution is -2.28. The molecule has 3 heteroatoms. The number of anilines is 1. The van der Waals surface area contributed by atoms with Gasteiger partial charge in [0.15, 0.2) is 6.10 Å². The van der Waals surface area contributed by atoms with Gasteiger partial charge < -0.3 is 9.64 Å². The van der Waals surface area contributed by atoms with Gasteiger partial charge in [-0.15, -0.1) is 0 Å². The van der Waals surface area contributed by atoms with Gasteiger partial charge in [-0.05, 0) is 11.6 Å². The third-order valence-corrected chi connectivity index (χ3v) is 3.42. The number of fused-ring (bicyclic) bond motifs is 1. The summed E-state index contributed by atoms with van der Waals surface area (Å²) in [4.78, 5) is 14.2. The van der Waals surface area contributed by atoms with Gasteiger partial charge in [-0.25, -0.2) is 0 Å². The number of methoxy groups -OCH3 is 1. The lowest BCUT2D eigenvalue weighted by atomic mass is 10.1. The average molecular weight is 253 g/mol. The number of hydrogen-bond acceptors (Lipinski definition) is 2. The zero-order chi connectivity index (χ0) is 13.2. The molecule has 1 heterocycles. The van der Waals surface area contributed by atoms with Crippen molar-refractivity contribution in [1.29, 1.82) is 0 Å². The number of carbonyl (C=O) groups excluding carboxylic acids is 1. The second-order valence-corrected chi connectivity index (χ2v) is 4.58. The van der Waals surface area contributed by atoms with Gasteiger partial charge in [-0.1, -0.05) is 48.5 Å². The molecule has 1 atom stereocenters. The van der Waals surface area contributed by atoms with E-state index in [0.717, 1.165) is 16.8 Å². The highest BCUT2D eigenvalue weighted by atomic mass is 16.5. The average Bonchev–Trinajstić information content (AvgIpc) is 2.73. The minimum Gasteiger partial charge on any atom is -0.367 e. The zero-order valence-corrected chi connectivity index (χ0v) is 10.7. The lowest BCUT2D eigenvalue weighted by Gasteiger charge is -2.17. The van der Waals surface area contributed by atoms with Crippen LogP contribution in [0.2, 0.25) is 0 Å². The number of nitrogens with zero attached hydrogens (tertiary/aromatic N) is 1. The van der Waals surface area contributed by atoms with Crippen LogP contribution in [-0.4, -0.2) is 13.0 Å². The predicted octanol–water partition coefficient (Wildman–Crippen LogP) is 2.92. The molecule has 0 bridgehead atoms. The lowest BCUT2D eigenvalue weighted by molar-refractivity contribution is -0.127. The van der Waals surface area contributed by atoms with Crippen molar-refractivity contribution in [1.82, 2.24) is 0 Å². The molecule has 0 aliphatic carbocycles. The molecular formula is C16H15NO2. The molecule has 2 aromatic rings. The Morgan fingerprint density at radius 3 is 2.47 bits per heavy atom. The maximum atomic E-state index is 12.4. The van der Waals surface area contributed by atoms with Crippen molar-refractivity contribution < 1.29 is 9.53 Å². The first-order valence-corrected chi connectivity index (χ1v) is 6.28. The Labute approximate surface area is 112 Å². The maximum Gasteiger partial charge on any atom is 0.261 e. The summed E-state index contributed by atoms with van der Waals surface area (Å²) in [5, 5.41) is 0. The van der Waals surface area contributed by atoms with E-state index in [0.29, 0.717) is 6.54 Å². The van der Waals surface area contributed by atoms with Crippen LogP contribution in [0.3, 0.4) is 0 Å². The van der Waals surface area contributed by atoms with Gasteiger partial charge in [0.05, 0.1) is 12.2 Å². The Hall–Kier alpha value is -2.13. The number of para-hydroxylation sites is 1. The molecule has 1 unspecified atom stereocenters. The predicted molar refractivity (Wildman–Crippen MR) is 73.8 cm³/mol. The number of carbonyl (C=O) groups is 1. The van der Waals surface area contributed by atoms with Crippen LogP contribution in [0.15, 0.2) is 54.6 Å². The standard InChI is InChI=1S/C16H15NO2/c1-19-15-13-9-5-6-10-14(13)17(16(15)18)11-12-7-3-2-4-8-12/h2-10,15H,11H2,1H3. The first-order valence-electron chi connectivity index (χ1n) is 6.28. The summed E-state index contributed by atoms with van der Waals surface area (Å²) in [6, 6.07) is 17.8. The van der Waals surface area contributed by atoms with Crippen LogP contribution in [0.1, 0.15) is 17.2 Å². The van der Waals surface area contributed by atoms with Gasteiger partial charge in [0.25, 0.3) is 5.91 Å². The molecule has 0 fully saturated rings. The number of rotatable bonds is 3. The van der Waals surface area contributed by atoms with Gasteiger partial charge >= 0.3 is 0 Å². The number of ether oxygens (including phenoxy) is 1. The second kappa shape index (κ2) is 4.86. The van der Waals surface area contributed by atoms with Crippen molar-refractivity contribution in [3.63, 3.8) is 0 Å². The molecule has 0 aromatic heterocycles. The van der Waals surface area contributed by atoms with E-state index in [9.17, 15) is 4.79 Å². The smallest absolute Gasteiger partial charge is 0.261 e. The summed E-state index contributed by atoms with van der Waals surface area (Å²) in [6.07, 6.45) is -0.472. The van der Waals surface area contributed by atoms with Crippen molar-refractivity contribution in [2.45, 2.75) is 12.6 Å². The van der Waals surface area contributed by atoms with Crippen LogP contribution in [0.5, 0.6) is 0 Å². The van der Waals surface area contributed by atoms with Crippen LogP contribution in [-0.2, 0) is 16.1 Å². The molecule has 0 radical (unpaired) electrons. The summed E-state index contributed by atoms with van der Waals surface area (Å²) in [5.74, 6) is 0.00699. The molecule has 0 saturated heterocycles. The molecule has 19 heavy (non-hydrogen) atoms. The van der Waals surface area contributed by atoms with Crippen LogP contribution in [0.25, 0.3) is 0 Å². The van der Waals surface area contributed by atoms with Gasteiger partial charge in [0.2, 0.25) is 0 Å². The van der Waals surface area contributed by atoms with Gasteiger partial charge in [-0.2, -0.15) is 0 Å². The van der Waals surface area contributed by atoms with Gasteiger partial charge in [0, 0.05) is 12.7 Å². The fraction of sp³-hybridized carbons (Fsp3) is 0.188. The number of amides is 1. The van der Waals surface area contributed by atoms with E-state index in [4.69, 9.17) is 4.74 Å². The minimum absolute atomic E-state index is 0.00699. The van der Waals surface area contributed by atoms with E-state index >= 15 is 0 Å². The highest BCUT2D eigenvalue weighted by molar-refractivity contribution is 6.03. The molecule has 1 amide bonds. The molecule has 1 aliphatic heterocycles. The van der Waals surface area contributed by atoms with Crippen molar-refractivity contribution in [3.05, 3.63) is 65.7 Å².